The van der Waals surface area contributed by atoms with E-state index in [0.29, 0.717) is 13.1 Å². The maximum absolute atomic E-state index is 12.0. The van der Waals surface area contributed by atoms with Crippen molar-refractivity contribution in [2.45, 2.75) is 12.3 Å². The molecule has 0 aliphatic rings. The zero-order valence-corrected chi connectivity index (χ0v) is 11.9. The predicted molar refractivity (Wildman–Crippen MR) is 80.3 cm³/mol. The van der Waals surface area contributed by atoms with E-state index >= 15 is 0 Å². The molecule has 1 unspecified atom stereocenters. The van der Waals surface area contributed by atoms with Crippen LogP contribution in [0.15, 0.2) is 30.3 Å². The van der Waals surface area contributed by atoms with Crippen LogP contribution in [0.1, 0.15) is 17.9 Å². The van der Waals surface area contributed by atoms with Crippen LogP contribution < -0.4 is 11.1 Å². The Morgan fingerprint density at radius 1 is 1.32 bits per heavy atom. The standard InChI is InChI=1S/C14H22N2O2S/c15-11-13(12-5-2-1-3-6-12)14(18)16-7-10-19-9-4-8-17/h1-3,5-6,13,17H,4,7-11,15H2,(H,16,18). The highest BCUT2D eigenvalue weighted by atomic mass is 32.2. The zero-order valence-electron chi connectivity index (χ0n) is 11.0. The van der Waals surface area contributed by atoms with E-state index in [4.69, 9.17) is 10.8 Å². The minimum Gasteiger partial charge on any atom is -0.396 e. The molecule has 1 aromatic rings. The molecule has 0 saturated heterocycles. The van der Waals surface area contributed by atoms with Crippen LogP contribution in [-0.4, -0.2) is 42.2 Å². The van der Waals surface area contributed by atoms with Crippen molar-refractivity contribution < 1.29 is 9.90 Å². The fourth-order valence-corrected chi connectivity index (χ4v) is 2.50. The van der Waals surface area contributed by atoms with Crippen LogP contribution in [0.2, 0.25) is 0 Å². The Morgan fingerprint density at radius 3 is 2.68 bits per heavy atom. The number of rotatable bonds is 9. The first-order chi connectivity index (χ1) is 9.29. The molecule has 106 valence electrons. The number of carbonyl (C=O) groups is 1. The fraction of sp³-hybridized carbons (Fsp3) is 0.500. The molecule has 4 N–H and O–H groups in total. The molecule has 0 radical (unpaired) electrons. The number of hydrogen-bond donors (Lipinski definition) is 3. The minimum absolute atomic E-state index is 0.0172. The molecule has 1 aromatic carbocycles. The predicted octanol–water partition coefficient (Wildman–Crippen LogP) is 0.961. The third-order valence-corrected chi connectivity index (χ3v) is 3.82. The number of carbonyl (C=O) groups excluding carboxylic acids is 1. The Bertz CT molecular complexity index is 360. The second-order valence-electron chi connectivity index (χ2n) is 4.18. The zero-order chi connectivity index (χ0) is 13.9. The van der Waals surface area contributed by atoms with Gasteiger partial charge in [0.15, 0.2) is 0 Å². The maximum Gasteiger partial charge on any atom is 0.228 e. The molecule has 0 aliphatic heterocycles. The van der Waals surface area contributed by atoms with Crippen molar-refractivity contribution in [3.8, 4) is 0 Å². The van der Waals surface area contributed by atoms with E-state index in [-0.39, 0.29) is 18.4 Å². The quantitative estimate of drug-likeness (QED) is 0.590. The van der Waals surface area contributed by atoms with Gasteiger partial charge in [0.2, 0.25) is 5.91 Å². The van der Waals surface area contributed by atoms with Crippen LogP contribution in [0.5, 0.6) is 0 Å². The van der Waals surface area contributed by atoms with Gasteiger partial charge >= 0.3 is 0 Å². The molecule has 1 atom stereocenters. The van der Waals surface area contributed by atoms with Crippen LogP contribution >= 0.6 is 11.8 Å². The summed E-state index contributed by atoms with van der Waals surface area (Å²) in [6, 6.07) is 9.60. The lowest BCUT2D eigenvalue weighted by Crippen LogP contribution is -2.34. The first-order valence-corrected chi connectivity index (χ1v) is 7.66. The summed E-state index contributed by atoms with van der Waals surface area (Å²) in [6.45, 7) is 1.17. The van der Waals surface area contributed by atoms with Gasteiger partial charge in [-0.2, -0.15) is 11.8 Å². The number of hydrogen-bond acceptors (Lipinski definition) is 4. The monoisotopic (exact) mass is 282 g/mol. The summed E-state index contributed by atoms with van der Waals surface area (Å²) in [5.74, 6) is 1.49. The van der Waals surface area contributed by atoms with Gasteiger partial charge in [-0.15, -0.1) is 0 Å². The first kappa shape index (κ1) is 16.0. The topological polar surface area (TPSA) is 75.4 Å². The van der Waals surface area contributed by atoms with Crippen molar-refractivity contribution in [3.05, 3.63) is 35.9 Å². The third kappa shape index (κ3) is 6.09. The van der Waals surface area contributed by atoms with Gasteiger partial charge in [0.05, 0.1) is 5.92 Å². The number of thioether (sulfide) groups is 1. The van der Waals surface area contributed by atoms with Crippen LogP contribution in [-0.2, 0) is 4.79 Å². The Balaban J connectivity index is 2.31. The smallest absolute Gasteiger partial charge is 0.228 e. The molecule has 4 nitrogen and oxygen atoms in total. The Labute approximate surface area is 118 Å². The van der Waals surface area contributed by atoms with Gasteiger partial charge in [-0.25, -0.2) is 0 Å². The summed E-state index contributed by atoms with van der Waals surface area (Å²) in [7, 11) is 0. The van der Waals surface area contributed by atoms with E-state index in [9.17, 15) is 4.79 Å². The number of aliphatic hydroxyl groups excluding tert-OH is 1. The van der Waals surface area contributed by atoms with Crippen molar-refractivity contribution in [2.24, 2.45) is 5.73 Å². The summed E-state index contributed by atoms with van der Waals surface area (Å²) in [5.41, 5.74) is 6.64. The van der Waals surface area contributed by atoms with E-state index in [0.717, 1.165) is 23.5 Å². The molecule has 19 heavy (non-hydrogen) atoms. The molecule has 0 fully saturated rings. The van der Waals surface area contributed by atoms with Gasteiger partial charge in [0.1, 0.15) is 0 Å². The van der Waals surface area contributed by atoms with Gasteiger partial charge in [-0.05, 0) is 17.7 Å². The van der Waals surface area contributed by atoms with E-state index in [1.165, 1.54) is 0 Å². The average Bonchev–Trinajstić information content (AvgIpc) is 2.45. The lowest BCUT2D eigenvalue weighted by molar-refractivity contribution is -0.122. The number of amides is 1. The number of aliphatic hydroxyl groups is 1. The van der Waals surface area contributed by atoms with Crippen LogP contribution in [0.4, 0.5) is 0 Å². The van der Waals surface area contributed by atoms with E-state index in [2.05, 4.69) is 5.32 Å². The molecular weight excluding hydrogens is 260 g/mol. The third-order valence-electron chi connectivity index (χ3n) is 2.75. The van der Waals surface area contributed by atoms with Gasteiger partial charge in [0, 0.05) is 25.4 Å². The van der Waals surface area contributed by atoms with Crippen molar-refractivity contribution in [1.82, 2.24) is 5.32 Å². The Hall–Kier alpha value is -1.04. The second-order valence-corrected chi connectivity index (χ2v) is 5.40. The van der Waals surface area contributed by atoms with E-state index < -0.39 is 0 Å². The van der Waals surface area contributed by atoms with Gasteiger partial charge < -0.3 is 16.2 Å². The summed E-state index contributed by atoms with van der Waals surface area (Å²) >= 11 is 1.73. The largest absolute Gasteiger partial charge is 0.396 e. The molecule has 0 aromatic heterocycles. The highest BCUT2D eigenvalue weighted by molar-refractivity contribution is 7.99. The summed E-state index contributed by atoms with van der Waals surface area (Å²) in [5, 5.41) is 11.6. The van der Waals surface area contributed by atoms with Crippen molar-refractivity contribution in [1.29, 1.82) is 0 Å². The lowest BCUT2D eigenvalue weighted by Gasteiger charge is -2.15. The molecule has 0 aliphatic carbocycles. The number of nitrogens with one attached hydrogen (secondary N) is 1. The van der Waals surface area contributed by atoms with Crippen molar-refractivity contribution >= 4 is 17.7 Å². The molecule has 0 heterocycles. The SMILES string of the molecule is NCC(C(=O)NCCSCCCO)c1ccccc1. The highest BCUT2D eigenvalue weighted by Crippen LogP contribution is 2.14. The highest BCUT2D eigenvalue weighted by Gasteiger charge is 2.17. The molecule has 0 spiro atoms. The molecule has 0 bridgehead atoms. The number of nitrogens with two attached hydrogens (primary N) is 1. The maximum atomic E-state index is 12.0. The van der Waals surface area contributed by atoms with Crippen LogP contribution in [0, 0.1) is 0 Å². The number of benzene rings is 1. The van der Waals surface area contributed by atoms with Gasteiger partial charge in [-0.1, -0.05) is 30.3 Å². The summed E-state index contributed by atoms with van der Waals surface area (Å²) < 4.78 is 0. The van der Waals surface area contributed by atoms with E-state index in [1.807, 2.05) is 30.3 Å². The summed E-state index contributed by atoms with van der Waals surface area (Å²) in [4.78, 5) is 12.0. The lowest BCUT2D eigenvalue weighted by atomic mass is 9.98. The van der Waals surface area contributed by atoms with Gasteiger partial charge in [0.25, 0.3) is 0 Å². The Morgan fingerprint density at radius 2 is 2.05 bits per heavy atom. The molecular formula is C14H22N2O2S. The fourth-order valence-electron chi connectivity index (χ4n) is 1.72. The van der Waals surface area contributed by atoms with E-state index in [1.54, 1.807) is 11.8 Å². The van der Waals surface area contributed by atoms with Gasteiger partial charge in [-0.3, -0.25) is 4.79 Å². The summed E-state index contributed by atoms with van der Waals surface area (Å²) in [6.07, 6.45) is 0.800. The minimum atomic E-state index is -0.274. The normalized spacial score (nSPS) is 12.1. The molecule has 1 amide bonds. The second kappa shape index (κ2) is 9.83. The van der Waals surface area contributed by atoms with Crippen molar-refractivity contribution in [2.75, 3.05) is 31.2 Å². The molecule has 0 saturated carbocycles. The molecule has 1 rings (SSSR count). The van der Waals surface area contributed by atoms with Crippen LogP contribution in [0.25, 0.3) is 0 Å². The Kier molecular flexibility index (Phi) is 8.29. The van der Waals surface area contributed by atoms with Crippen molar-refractivity contribution in [3.63, 3.8) is 0 Å². The molecule has 5 heteroatoms. The first-order valence-electron chi connectivity index (χ1n) is 6.51. The average molecular weight is 282 g/mol. The van der Waals surface area contributed by atoms with Crippen LogP contribution in [0.3, 0.4) is 0 Å².